The van der Waals surface area contributed by atoms with Crippen molar-refractivity contribution in [2.75, 3.05) is 0 Å². The molecule has 0 fully saturated rings. The molecule has 0 amide bonds. The number of hydrogen-bond donors (Lipinski definition) is 0. The average Bonchev–Trinajstić information content (AvgIpc) is 3.83. The summed E-state index contributed by atoms with van der Waals surface area (Å²) in [6.45, 7) is 0. The molecule has 48 heavy (non-hydrogen) atoms. The Morgan fingerprint density at radius 1 is 0.354 bits per heavy atom. The maximum absolute atomic E-state index is 2.47. The van der Waals surface area contributed by atoms with Gasteiger partial charge in [-0.25, -0.2) is 0 Å². The van der Waals surface area contributed by atoms with Crippen LogP contribution in [0.4, 0.5) is 0 Å². The lowest BCUT2D eigenvalue weighted by Gasteiger charge is -2.08. The highest BCUT2D eigenvalue weighted by Gasteiger charge is 2.19. The lowest BCUT2D eigenvalue weighted by Crippen LogP contribution is -1.93. The molecule has 11 aromatic rings. The van der Waals surface area contributed by atoms with E-state index in [0.717, 1.165) is 0 Å². The van der Waals surface area contributed by atoms with E-state index in [9.17, 15) is 0 Å². The number of rotatable bonds is 2. The van der Waals surface area contributed by atoms with Crippen LogP contribution >= 0.6 is 57.1 Å². The molecule has 0 unspecified atom stereocenters. The van der Waals surface area contributed by atoms with Crippen molar-refractivity contribution in [2.45, 2.75) is 0 Å². The van der Waals surface area contributed by atoms with Crippen molar-refractivity contribution < 1.29 is 0 Å². The Labute approximate surface area is 306 Å². The number of thiophene rings is 1. The molecule has 0 N–H and O–H groups in total. The van der Waals surface area contributed by atoms with Crippen LogP contribution in [0.15, 0.2) is 140 Å². The number of para-hydroxylation sites is 2. The van der Waals surface area contributed by atoms with Crippen molar-refractivity contribution in [2.24, 2.45) is 0 Å². The zero-order valence-corrected chi connectivity index (χ0v) is 30.4. The standard InChI is InChI=1S/C42H23I2N3S/c43-46-36-12-6-4-10-27(36)32-21-38-33(22-39(32)46)29-18-24(14-16-35(29)45(38)26-8-2-1-3-9-26)25-15-17-37-30(19-25)31-20-34-28-11-5-7-13-41(28)48-42(34)23-40(31)47(37)44/h1-23H. The zero-order chi connectivity index (χ0) is 31.7. The van der Waals surface area contributed by atoms with E-state index < -0.39 is 0 Å². The van der Waals surface area contributed by atoms with Crippen LogP contribution in [0.1, 0.15) is 0 Å². The minimum Gasteiger partial charge on any atom is -0.309 e. The van der Waals surface area contributed by atoms with Crippen molar-refractivity contribution >= 4 is 143 Å². The smallest absolute Gasteiger partial charge is 0.0646 e. The molecule has 0 saturated heterocycles. The van der Waals surface area contributed by atoms with Gasteiger partial charge in [-0.15, -0.1) is 11.3 Å². The second-order valence-corrected chi connectivity index (χ2v) is 15.6. The fourth-order valence-electron chi connectivity index (χ4n) is 7.84. The third-order valence-electron chi connectivity index (χ3n) is 10.1. The van der Waals surface area contributed by atoms with Gasteiger partial charge in [0, 0.05) is 58.2 Å². The minimum absolute atomic E-state index is 1.17. The Morgan fingerprint density at radius 2 is 0.917 bits per heavy atom. The molecule has 3 nitrogen and oxygen atoms in total. The summed E-state index contributed by atoms with van der Waals surface area (Å²) in [4.78, 5) is 0. The molecule has 0 atom stereocenters. The minimum atomic E-state index is 1.17. The highest BCUT2D eigenvalue weighted by molar-refractivity contribution is 14.1. The van der Waals surface area contributed by atoms with Gasteiger partial charge in [0.05, 0.1) is 78.8 Å². The quantitative estimate of drug-likeness (QED) is 0.154. The first-order valence-electron chi connectivity index (χ1n) is 15.9. The maximum atomic E-state index is 2.47. The summed E-state index contributed by atoms with van der Waals surface area (Å²) >= 11 is 6.80. The number of benzene rings is 7. The van der Waals surface area contributed by atoms with Gasteiger partial charge in [0.15, 0.2) is 0 Å². The van der Waals surface area contributed by atoms with Crippen LogP contribution in [0.25, 0.3) is 102 Å². The monoisotopic (exact) mass is 855 g/mol. The molecule has 4 aromatic heterocycles. The number of nitrogens with zero attached hydrogens (tertiary/aromatic N) is 3. The SMILES string of the molecule is In1c2ccc(-c3ccc4c(c3)c3cc5c(cc3n4-c3ccccc3)c3ccccc3n5I)cc2c2cc3c(cc21)sc1ccccc13. The highest BCUT2D eigenvalue weighted by Crippen LogP contribution is 2.43. The zero-order valence-electron chi connectivity index (χ0n) is 25.3. The van der Waals surface area contributed by atoms with Gasteiger partial charge in [-0.3, -0.25) is 5.56 Å². The van der Waals surface area contributed by atoms with Gasteiger partial charge in [-0.1, -0.05) is 66.7 Å². The second kappa shape index (κ2) is 10.1. The molecule has 0 bridgehead atoms. The van der Waals surface area contributed by atoms with Gasteiger partial charge in [0.25, 0.3) is 0 Å². The average molecular weight is 856 g/mol. The van der Waals surface area contributed by atoms with Crippen LogP contribution in [0.5, 0.6) is 0 Å². The van der Waals surface area contributed by atoms with Gasteiger partial charge in [-0.2, -0.15) is 0 Å². The first-order chi connectivity index (χ1) is 23.6. The van der Waals surface area contributed by atoms with E-state index in [2.05, 4.69) is 195 Å². The maximum Gasteiger partial charge on any atom is 0.0646 e. The van der Waals surface area contributed by atoms with E-state index in [1.54, 1.807) is 0 Å². The Hall–Kier alpha value is -4.38. The Balaban J connectivity index is 1.18. The van der Waals surface area contributed by atoms with Gasteiger partial charge < -0.3 is 4.57 Å². The van der Waals surface area contributed by atoms with E-state index in [4.69, 9.17) is 0 Å². The molecular formula is C42H23I2N3S. The normalized spacial score (nSPS) is 12.4. The number of fused-ring (bicyclic) bond motifs is 12. The molecule has 0 aliphatic carbocycles. The number of hydrogen-bond acceptors (Lipinski definition) is 1. The van der Waals surface area contributed by atoms with E-state index in [1.807, 2.05) is 11.3 Å². The Bertz CT molecular complexity index is 3140. The van der Waals surface area contributed by atoms with Crippen LogP contribution in [0.3, 0.4) is 0 Å². The van der Waals surface area contributed by atoms with Crippen molar-refractivity contribution in [3.63, 3.8) is 0 Å². The van der Waals surface area contributed by atoms with Gasteiger partial charge in [0.1, 0.15) is 0 Å². The van der Waals surface area contributed by atoms with E-state index in [1.165, 1.54) is 102 Å². The summed E-state index contributed by atoms with van der Waals surface area (Å²) < 4.78 is 9.73. The second-order valence-electron chi connectivity index (χ2n) is 12.6. The van der Waals surface area contributed by atoms with Gasteiger partial charge in [-0.05, 0) is 83.9 Å². The van der Waals surface area contributed by atoms with Crippen LogP contribution in [0.2, 0.25) is 0 Å². The fourth-order valence-corrected chi connectivity index (χ4v) is 10.6. The van der Waals surface area contributed by atoms with Gasteiger partial charge in [0.2, 0.25) is 0 Å². The predicted octanol–water partition coefficient (Wildman–Crippen LogP) is 13.4. The highest BCUT2D eigenvalue weighted by atomic mass is 127. The molecule has 226 valence electrons. The Kier molecular flexibility index (Phi) is 5.78. The number of aromatic nitrogens is 3. The van der Waals surface area contributed by atoms with Crippen molar-refractivity contribution in [3.05, 3.63) is 140 Å². The molecule has 0 aliphatic heterocycles. The lowest BCUT2D eigenvalue weighted by molar-refractivity contribution is 1.18. The summed E-state index contributed by atoms with van der Waals surface area (Å²) in [5.41, 5.74) is 11.1. The van der Waals surface area contributed by atoms with Crippen molar-refractivity contribution in [3.8, 4) is 16.8 Å². The van der Waals surface area contributed by atoms with Crippen LogP contribution < -0.4 is 0 Å². The molecule has 0 spiro atoms. The topological polar surface area (TPSA) is 14.8 Å². The van der Waals surface area contributed by atoms with Crippen molar-refractivity contribution in [1.82, 2.24) is 10.1 Å². The summed E-state index contributed by atoms with van der Waals surface area (Å²) in [6.07, 6.45) is 0. The molecule has 0 saturated carbocycles. The van der Waals surface area contributed by atoms with E-state index in [0.29, 0.717) is 0 Å². The Morgan fingerprint density at radius 3 is 1.73 bits per heavy atom. The molecule has 11 rings (SSSR count). The van der Waals surface area contributed by atoms with E-state index in [-0.39, 0.29) is 0 Å². The van der Waals surface area contributed by atoms with E-state index >= 15 is 0 Å². The van der Waals surface area contributed by atoms with Crippen LogP contribution in [-0.4, -0.2) is 10.1 Å². The summed E-state index contributed by atoms with van der Waals surface area (Å²) in [7, 11) is 0. The number of halogens is 2. The largest absolute Gasteiger partial charge is 0.309 e. The molecule has 0 aliphatic rings. The third kappa shape index (κ3) is 3.73. The summed E-state index contributed by atoms with van der Waals surface area (Å²) in [6, 6.07) is 51.8. The van der Waals surface area contributed by atoms with Crippen molar-refractivity contribution in [1.29, 1.82) is 0 Å². The molecule has 4 heterocycles. The molecule has 6 heteroatoms. The first-order valence-corrected chi connectivity index (χ1v) is 18.7. The fraction of sp³-hybridized carbons (Fsp3) is 0. The molecule has 0 radical (unpaired) electrons. The molecular weight excluding hydrogens is 832 g/mol. The van der Waals surface area contributed by atoms with Gasteiger partial charge >= 0.3 is 0 Å². The lowest BCUT2D eigenvalue weighted by atomic mass is 10.00. The van der Waals surface area contributed by atoms with Crippen LogP contribution in [0, 0.1) is 0 Å². The first kappa shape index (κ1) is 27.6. The van der Waals surface area contributed by atoms with Crippen LogP contribution in [-0.2, 0) is 0 Å². The third-order valence-corrected chi connectivity index (χ3v) is 13.3. The summed E-state index contributed by atoms with van der Waals surface area (Å²) in [5.74, 6) is 0. The predicted molar refractivity (Wildman–Crippen MR) is 224 cm³/mol. The summed E-state index contributed by atoms with van der Waals surface area (Å²) in [5, 5.41) is 10.4. The molecule has 7 aromatic carbocycles.